The molecule has 1 heterocycles. The molecule has 5 nitrogen and oxygen atoms in total. The minimum atomic E-state index is -0.818. The van der Waals surface area contributed by atoms with E-state index in [-0.39, 0.29) is 12.5 Å². The SMILES string of the molecule is Cc1nnc(NC(C)CC(=O)O)s1. The molecule has 0 radical (unpaired) electrons. The Morgan fingerprint density at radius 3 is 2.85 bits per heavy atom. The van der Waals surface area contributed by atoms with Gasteiger partial charge in [-0.3, -0.25) is 4.79 Å². The van der Waals surface area contributed by atoms with Crippen molar-refractivity contribution >= 4 is 22.4 Å². The summed E-state index contributed by atoms with van der Waals surface area (Å²) in [5.74, 6) is -0.818. The first-order valence-corrected chi connectivity index (χ1v) is 4.68. The van der Waals surface area contributed by atoms with Crippen molar-refractivity contribution in [3.63, 3.8) is 0 Å². The molecule has 6 heteroatoms. The van der Waals surface area contributed by atoms with Gasteiger partial charge in [0.05, 0.1) is 6.42 Å². The van der Waals surface area contributed by atoms with Gasteiger partial charge in [0, 0.05) is 6.04 Å². The van der Waals surface area contributed by atoms with Gasteiger partial charge in [0.25, 0.3) is 0 Å². The summed E-state index contributed by atoms with van der Waals surface area (Å²) in [6.07, 6.45) is 0.0820. The van der Waals surface area contributed by atoms with E-state index in [9.17, 15) is 4.79 Å². The van der Waals surface area contributed by atoms with E-state index in [0.29, 0.717) is 5.13 Å². The first-order chi connectivity index (χ1) is 6.08. The van der Waals surface area contributed by atoms with Crippen LogP contribution in [0.5, 0.6) is 0 Å². The van der Waals surface area contributed by atoms with Crippen molar-refractivity contribution in [1.29, 1.82) is 0 Å². The van der Waals surface area contributed by atoms with E-state index >= 15 is 0 Å². The lowest BCUT2D eigenvalue weighted by molar-refractivity contribution is -0.137. The number of nitrogens with one attached hydrogen (secondary N) is 1. The van der Waals surface area contributed by atoms with Crippen molar-refractivity contribution in [3.05, 3.63) is 5.01 Å². The van der Waals surface area contributed by atoms with E-state index in [4.69, 9.17) is 5.11 Å². The molecule has 1 unspecified atom stereocenters. The third-order valence-corrected chi connectivity index (χ3v) is 2.15. The highest BCUT2D eigenvalue weighted by Gasteiger charge is 2.09. The molecule has 0 aliphatic heterocycles. The summed E-state index contributed by atoms with van der Waals surface area (Å²) in [7, 11) is 0. The van der Waals surface area contributed by atoms with Crippen LogP contribution in [0.25, 0.3) is 0 Å². The fraction of sp³-hybridized carbons (Fsp3) is 0.571. The molecule has 1 aromatic heterocycles. The van der Waals surface area contributed by atoms with Crippen LogP contribution >= 0.6 is 11.3 Å². The van der Waals surface area contributed by atoms with Gasteiger partial charge >= 0.3 is 5.97 Å². The lowest BCUT2D eigenvalue weighted by Crippen LogP contribution is -2.19. The van der Waals surface area contributed by atoms with Crippen LogP contribution in [0.3, 0.4) is 0 Å². The van der Waals surface area contributed by atoms with Crippen LogP contribution in [0.1, 0.15) is 18.4 Å². The molecule has 0 fully saturated rings. The molecular formula is C7H11N3O2S. The smallest absolute Gasteiger partial charge is 0.305 e. The van der Waals surface area contributed by atoms with Gasteiger partial charge < -0.3 is 10.4 Å². The second kappa shape index (κ2) is 4.18. The van der Waals surface area contributed by atoms with Gasteiger partial charge in [0.2, 0.25) is 5.13 Å². The van der Waals surface area contributed by atoms with Crippen LogP contribution in [-0.4, -0.2) is 27.3 Å². The molecule has 2 N–H and O–H groups in total. The molecule has 0 amide bonds. The van der Waals surface area contributed by atoms with Crippen LogP contribution in [0, 0.1) is 6.92 Å². The lowest BCUT2D eigenvalue weighted by atomic mass is 10.2. The number of hydrogen-bond acceptors (Lipinski definition) is 5. The van der Waals surface area contributed by atoms with E-state index in [1.807, 2.05) is 6.92 Å². The standard InChI is InChI=1S/C7H11N3O2S/c1-4(3-6(11)12)8-7-10-9-5(2)13-7/h4H,3H2,1-2H3,(H,8,10)(H,11,12). The van der Waals surface area contributed by atoms with Gasteiger partial charge in [-0.1, -0.05) is 11.3 Å². The second-order valence-corrected chi connectivity index (χ2v) is 3.95. The van der Waals surface area contributed by atoms with E-state index in [2.05, 4.69) is 15.5 Å². The quantitative estimate of drug-likeness (QED) is 0.763. The van der Waals surface area contributed by atoms with Gasteiger partial charge in [-0.25, -0.2) is 0 Å². The molecule has 0 aromatic carbocycles. The molecule has 13 heavy (non-hydrogen) atoms. The topological polar surface area (TPSA) is 75.1 Å². The Balaban J connectivity index is 2.44. The molecule has 0 bridgehead atoms. The summed E-state index contributed by atoms with van der Waals surface area (Å²) >= 11 is 1.42. The Kier molecular flexibility index (Phi) is 3.18. The molecule has 0 aliphatic rings. The molecule has 0 aliphatic carbocycles. The second-order valence-electron chi connectivity index (χ2n) is 2.77. The maximum Gasteiger partial charge on any atom is 0.305 e. The molecule has 0 saturated carbocycles. The highest BCUT2D eigenvalue weighted by molar-refractivity contribution is 7.15. The summed E-state index contributed by atoms with van der Waals surface area (Å²) in [5.41, 5.74) is 0. The van der Waals surface area contributed by atoms with Crippen LogP contribution in [0.4, 0.5) is 5.13 Å². The number of rotatable bonds is 4. The Morgan fingerprint density at radius 1 is 1.69 bits per heavy atom. The van der Waals surface area contributed by atoms with Crippen molar-refractivity contribution in [3.8, 4) is 0 Å². The third kappa shape index (κ3) is 3.37. The number of nitrogens with zero attached hydrogens (tertiary/aromatic N) is 2. The summed E-state index contributed by atoms with van der Waals surface area (Å²) < 4.78 is 0. The minimum absolute atomic E-state index is 0.0820. The first kappa shape index (κ1) is 9.91. The number of carboxylic acids is 1. The Morgan fingerprint density at radius 2 is 2.38 bits per heavy atom. The van der Waals surface area contributed by atoms with Crippen molar-refractivity contribution < 1.29 is 9.90 Å². The highest BCUT2D eigenvalue weighted by atomic mass is 32.1. The number of carboxylic acid groups (broad SMARTS) is 1. The monoisotopic (exact) mass is 201 g/mol. The number of hydrogen-bond donors (Lipinski definition) is 2. The zero-order chi connectivity index (χ0) is 9.84. The largest absolute Gasteiger partial charge is 0.481 e. The fourth-order valence-electron chi connectivity index (χ4n) is 0.879. The molecular weight excluding hydrogens is 190 g/mol. The Bertz CT molecular complexity index is 300. The predicted octanol–water partition coefficient (Wildman–Crippen LogP) is 1.12. The average molecular weight is 201 g/mol. The zero-order valence-electron chi connectivity index (χ0n) is 7.44. The molecule has 1 aromatic rings. The number of aliphatic carboxylic acids is 1. The van der Waals surface area contributed by atoms with Crippen molar-refractivity contribution in [2.24, 2.45) is 0 Å². The van der Waals surface area contributed by atoms with Crippen LogP contribution in [0.15, 0.2) is 0 Å². The van der Waals surface area contributed by atoms with Gasteiger partial charge in [0.15, 0.2) is 0 Å². The summed E-state index contributed by atoms with van der Waals surface area (Å²) in [6, 6.07) is -0.121. The molecule has 1 atom stereocenters. The summed E-state index contributed by atoms with van der Waals surface area (Å²) in [5, 5.41) is 20.6. The first-order valence-electron chi connectivity index (χ1n) is 3.86. The number of anilines is 1. The summed E-state index contributed by atoms with van der Waals surface area (Å²) in [4.78, 5) is 10.3. The van der Waals surface area contributed by atoms with Crippen molar-refractivity contribution in [2.75, 3.05) is 5.32 Å². The minimum Gasteiger partial charge on any atom is -0.481 e. The van der Waals surface area contributed by atoms with Crippen molar-refractivity contribution in [1.82, 2.24) is 10.2 Å². The van der Waals surface area contributed by atoms with Crippen LogP contribution in [-0.2, 0) is 4.79 Å². The maximum absolute atomic E-state index is 10.3. The van der Waals surface area contributed by atoms with E-state index < -0.39 is 5.97 Å². The van der Waals surface area contributed by atoms with Crippen LogP contribution in [0.2, 0.25) is 0 Å². The Hall–Kier alpha value is -1.17. The van der Waals surface area contributed by atoms with Gasteiger partial charge in [-0.2, -0.15) is 0 Å². The maximum atomic E-state index is 10.3. The van der Waals surface area contributed by atoms with E-state index in [1.54, 1.807) is 6.92 Å². The lowest BCUT2D eigenvalue weighted by Gasteiger charge is -2.08. The van der Waals surface area contributed by atoms with E-state index in [0.717, 1.165) is 5.01 Å². The zero-order valence-corrected chi connectivity index (χ0v) is 8.26. The normalized spacial score (nSPS) is 12.5. The Labute approximate surface area is 79.8 Å². The van der Waals surface area contributed by atoms with Crippen LogP contribution < -0.4 is 5.32 Å². The van der Waals surface area contributed by atoms with Gasteiger partial charge in [-0.15, -0.1) is 10.2 Å². The number of carbonyl (C=O) groups is 1. The summed E-state index contributed by atoms with van der Waals surface area (Å²) in [6.45, 7) is 3.65. The molecule has 0 spiro atoms. The van der Waals surface area contributed by atoms with E-state index in [1.165, 1.54) is 11.3 Å². The number of aryl methyl sites for hydroxylation is 1. The van der Waals surface area contributed by atoms with Crippen molar-refractivity contribution in [2.45, 2.75) is 26.3 Å². The predicted molar refractivity (Wildman–Crippen MR) is 50.0 cm³/mol. The molecule has 1 rings (SSSR count). The fourth-order valence-corrected chi connectivity index (χ4v) is 1.58. The molecule has 0 saturated heterocycles. The average Bonchev–Trinajstić information content (AvgIpc) is 2.33. The number of aromatic nitrogens is 2. The highest BCUT2D eigenvalue weighted by Crippen LogP contribution is 2.15. The van der Waals surface area contributed by atoms with Gasteiger partial charge in [0.1, 0.15) is 5.01 Å². The third-order valence-electron chi connectivity index (χ3n) is 1.38. The molecule has 72 valence electrons. The van der Waals surface area contributed by atoms with Gasteiger partial charge in [-0.05, 0) is 13.8 Å².